The first-order valence-corrected chi connectivity index (χ1v) is 10.4. The zero-order valence-electron chi connectivity index (χ0n) is 17.2. The van der Waals surface area contributed by atoms with Crippen LogP contribution in [0.15, 0.2) is 48.5 Å². The molecule has 1 heterocycles. The average Bonchev–Trinajstić information content (AvgIpc) is 2.73. The van der Waals surface area contributed by atoms with E-state index >= 15 is 0 Å². The van der Waals surface area contributed by atoms with Gasteiger partial charge in [0.2, 0.25) is 5.91 Å². The van der Waals surface area contributed by atoms with E-state index in [9.17, 15) is 14.7 Å². The number of phenols is 1. The van der Waals surface area contributed by atoms with Crippen molar-refractivity contribution in [2.45, 2.75) is 45.6 Å². The number of aromatic hydroxyl groups is 1. The summed E-state index contributed by atoms with van der Waals surface area (Å²) in [6, 6.07) is 14.2. The van der Waals surface area contributed by atoms with E-state index < -0.39 is 6.04 Å². The molecule has 154 valence electrons. The summed E-state index contributed by atoms with van der Waals surface area (Å²) >= 11 is 0. The van der Waals surface area contributed by atoms with E-state index in [1.165, 1.54) is 5.56 Å². The Kier molecular flexibility index (Phi) is 6.91. The molecule has 2 N–H and O–H groups in total. The minimum atomic E-state index is -0.531. The average molecular weight is 395 g/mol. The van der Waals surface area contributed by atoms with Gasteiger partial charge in [-0.05, 0) is 75.3 Å². The van der Waals surface area contributed by atoms with Crippen molar-refractivity contribution < 1.29 is 14.7 Å². The molecule has 29 heavy (non-hydrogen) atoms. The number of carbonyl (C=O) groups excluding carboxylic acids is 2. The van der Waals surface area contributed by atoms with Gasteiger partial charge in [-0.3, -0.25) is 9.59 Å². The Morgan fingerprint density at radius 1 is 1.14 bits per heavy atom. The molecule has 2 amide bonds. The van der Waals surface area contributed by atoms with Gasteiger partial charge < -0.3 is 15.3 Å². The lowest BCUT2D eigenvalue weighted by Gasteiger charge is -2.33. The molecule has 1 saturated heterocycles. The molecule has 1 atom stereocenters. The molecule has 1 aliphatic rings. The maximum atomic E-state index is 12.7. The first kappa shape index (κ1) is 20.9. The normalized spacial score (nSPS) is 15.7. The standard InChI is InChI=1S/C24H30N2O3/c1-17-4-3-5-21(16-17)23(28)25-18(2)24(29)26-14-12-20(13-15-26)7-6-19-8-10-22(27)11-9-19/h3-5,8-11,16,18,20,27H,6-7,12-15H2,1-2H3,(H,25,28). The number of aryl methyl sites for hydroxylation is 2. The van der Waals surface area contributed by atoms with Crippen molar-refractivity contribution in [1.29, 1.82) is 0 Å². The molecule has 1 aliphatic heterocycles. The monoisotopic (exact) mass is 394 g/mol. The lowest BCUT2D eigenvalue weighted by atomic mass is 9.90. The largest absolute Gasteiger partial charge is 0.508 e. The van der Waals surface area contributed by atoms with Crippen molar-refractivity contribution in [3.8, 4) is 5.75 Å². The predicted octanol–water partition coefficient (Wildman–Crippen LogP) is 3.69. The lowest BCUT2D eigenvalue weighted by molar-refractivity contribution is -0.134. The van der Waals surface area contributed by atoms with E-state index in [0.29, 0.717) is 17.2 Å². The first-order chi connectivity index (χ1) is 13.9. The number of nitrogens with one attached hydrogen (secondary N) is 1. The van der Waals surface area contributed by atoms with Crippen LogP contribution in [-0.2, 0) is 11.2 Å². The van der Waals surface area contributed by atoms with Crippen molar-refractivity contribution in [3.63, 3.8) is 0 Å². The van der Waals surface area contributed by atoms with Gasteiger partial charge in [-0.2, -0.15) is 0 Å². The van der Waals surface area contributed by atoms with Gasteiger partial charge in [-0.15, -0.1) is 0 Å². The predicted molar refractivity (Wildman–Crippen MR) is 114 cm³/mol. The third-order valence-electron chi connectivity index (χ3n) is 5.70. The molecule has 2 aromatic carbocycles. The zero-order chi connectivity index (χ0) is 20.8. The van der Waals surface area contributed by atoms with Crippen LogP contribution in [0.4, 0.5) is 0 Å². The highest BCUT2D eigenvalue weighted by molar-refractivity contribution is 5.97. The van der Waals surface area contributed by atoms with Gasteiger partial charge in [0.25, 0.3) is 5.91 Å². The van der Waals surface area contributed by atoms with E-state index in [-0.39, 0.29) is 11.8 Å². The molecule has 2 aromatic rings. The summed E-state index contributed by atoms with van der Waals surface area (Å²) < 4.78 is 0. The summed E-state index contributed by atoms with van der Waals surface area (Å²) in [4.78, 5) is 27.0. The fraction of sp³-hybridized carbons (Fsp3) is 0.417. The molecule has 0 aromatic heterocycles. The van der Waals surface area contributed by atoms with Crippen LogP contribution >= 0.6 is 0 Å². The van der Waals surface area contributed by atoms with Crippen LogP contribution < -0.4 is 5.32 Å². The first-order valence-electron chi connectivity index (χ1n) is 10.4. The van der Waals surface area contributed by atoms with E-state index in [0.717, 1.165) is 44.3 Å². The van der Waals surface area contributed by atoms with Gasteiger partial charge in [-0.1, -0.05) is 29.8 Å². The maximum absolute atomic E-state index is 12.7. The molecule has 5 heteroatoms. The van der Waals surface area contributed by atoms with Crippen molar-refractivity contribution in [1.82, 2.24) is 10.2 Å². The van der Waals surface area contributed by atoms with Crippen LogP contribution in [0.1, 0.15) is 47.7 Å². The number of amides is 2. The van der Waals surface area contributed by atoms with Crippen LogP contribution in [0, 0.1) is 12.8 Å². The minimum absolute atomic E-state index is 0.0111. The number of hydrogen-bond donors (Lipinski definition) is 2. The number of carbonyl (C=O) groups is 2. The SMILES string of the molecule is Cc1cccc(C(=O)NC(C)C(=O)N2CCC(CCc3ccc(O)cc3)CC2)c1. The topological polar surface area (TPSA) is 69.6 Å². The van der Waals surface area contributed by atoms with E-state index in [1.807, 2.05) is 42.2 Å². The van der Waals surface area contributed by atoms with Gasteiger partial charge in [0.15, 0.2) is 0 Å². The Balaban J connectivity index is 1.44. The molecule has 0 saturated carbocycles. The van der Waals surface area contributed by atoms with Gasteiger partial charge in [0.05, 0.1) is 0 Å². The highest BCUT2D eigenvalue weighted by Gasteiger charge is 2.27. The van der Waals surface area contributed by atoms with Crippen molar-refractivity contribution in [2.75, 3.05) is 13.1 Å². The summed E-state index contributed by atoms with van der Waals surface area (Å²) in [6.45, 7) is 5.18. The lowest BCUT2D eigenvalue weighted by Crippen LogP contribution is -2.49. The highest BCUT2D eigenvalue weighted by Crippen LogP contribution is 2.23. The molecule has 3 rings (SSSR count). The van der Waals surface area contributed by atoms with Crippen molar-refractivity contribution in [2.24, 2.45) is 5.92 Å². The van der Waals surface area contributed by atoms with E-state index in [1.54, 1.807) is 25.1 Å². The number of nitrogens with zero attached hydrogens (tertiary/aromatic N) is 1. The number of phenolic OH excluding ortho intramolecular Hbond substituents is 1. The summed E-state index contributed by atoms with van der Waals surface area (Å²) in [5.74, 6) is 0.676. The zero-order valence-corrected chi connectivity index (χ0v) is 17.2. The Morgan fingerprint density at radius 2 is 1.83 bits per heavy atom. The Hall–Kier alpha value is -2.82. The number of likely N-dealkylation sites (tertiary alicyclic amines) is 1. The van der Waals surface area contributed by atoms with Gasteiger partial charge in [-0.25, -0.2) is 0 Å². The molecule has 1 fully saturated rings. The summed E-state index contributed by atoms with van der Waals surface area (Å²) in [7, 11) is 0. The molecule has 0 aliphatic carbocycles. The molecule has 0 bridgehead atoms. The molecule has 1 unspecified atom stereocenters. The maximum Gasteiger partial charge on any atom is 0.251 e. The molecular weight excluding hydrogens is 364 g/mol. The van der Waals surface area contributed by atoms with Gasteiger partial charge in [0.1, 0.15) is 11.8 Å². The van der Waals surface area contributed by atoms with Crippen LogP contribution in [0.25, 0.3) is 0 Å². The Morgan fingerprint density at radius 3 is 2.48 bits per heavy atom. The number of piperidine rings is 1. The van der Waals surface area contributed by atoms with Crippen LogP contribution in [0.2, 0.25) is 0 Å². The third kappa shape index (κ3) is 5.83. The Labute approximate surface area is 172 Å². The quantitative estimate of drug-likeness (QED) is 0.785. The summed E-state index contributed by atoms with van der Waals surface area (Å²) in [6.07, 6.45) is 4.05. The summed E-state index contributed by atoms with van der Waals surface area (Å²) in [5.41, 5.74) is 2.83. The highest BCUT2D eigenvalue weighted by atomic mass is 16.3. The van der Waals surface area contributed by atoms with Crippen LogP contribution in [-0.4, -0.2) is 41.0 Å². The smallest absolute Gasteiger partial charge is 0.251 e. The summed E-state index contributed by atoms with van der Waals surface area (Å²) in [5, 5.41) is 12.2. The van der Waals surface area contributed by atoms with Gasteiger partial charge in [0, 0.05) is 18.7 Å². The van der Waals surface area contributed by atoms with E-state index in [2.05, 4.69) is 5.32 Å². The molecule has 5 nitrogen and oxygen atoms in total. The molecule has 0 radical (unpaired) electrons. The van der Waals surface area contributed by atoms with Crippen LogP contribution in [0.3, 0.4) is 0 Å². The fourth-order valence-electron chi connectivity index (χ4n) is 3.88. The minimum Gasteiger partial charge on any atom is -0.508 e. The number of benzene rings is 2. The van der Waals surface area contributed by atoms with Gasteiger partial charge >= 0.3 is 0 Å². The van der Waals surface area contributed by atoms with Crippen LogP contribution in [0.5, 0.6) is 5.75 Å². The number of hydrogen-bond acceptors (Lipinski definition) is 3. The molecule has 0 spiro atoms. The second-order valence-electron chi connectivity index (χ2n) is 8.04. The molecular formula is C24H30N2O3. The Bertz CT molecular complexity index is 839. The second kappa shape index (κ2) is 9.59. The van der Waals surface area contributed by atoms with E-state index in [4.69, 9.17) is 0 Å². The third-order valence-corrected chi connectivity index (χ3v) is 5.70. The second-order valence-corrected chi connectivity index (χ2v) is 8.04. The van der Waals surface area contributed by atoms with Crippen molar-refractivity contribution >= 4 is 11.8 Å². The number of rotatable bonds is 6. The van der Waals surface area contributed by atoms with Crippen molar-refractivity contribution in [3.05, 3.63) is 65.2 Å². The fourth-order valence-corrected chi connectivity index (χ4v) is 3.88.